The minimum absolute atomic E-state index is 0.0423. The van der Waals surface area contributed by atoms with Gasteiger partial charge in [0.05, 0.1) is 10.9 Å². The van der Waals surface area contributed by atoms with E-state index in [0.717, 1.165) is 11.1 Å². The van der Waals surface area contributed by atoms with Crippen LogP contribution in [0.25, 0.3) is 11.4 Å². The minimum Gasteiger partial charge on any atom is -0.339 e. The molecule has 1 atom stereocenters. The molecular weight excluding hydrogens is 464 g/mol. The van der Waals surface area contributed by atoms with Crippen molar-refractivity contribution in [2.24, 2.45) is 5.92 Å². The number of hydrogen-bond donors (Lipinski definition) is 1. The normalized spacial score (nSPS) is 17.2. The monoisotopic (exact) mass is 488 g/mol. The van der Waals surface area contributed by atoms with E-state index in [-0.39, 0.29) is 28.2 Å². The number of rotatable bonds is 5. The molecule has 0 saturated carbocycles. The number of sulfonamides is 1. The summed E-state index contributed by atoms with van der Waals surface area (Å²) in [5, 5.41) is 6.87. The van der Waals surface area contributed by atoms with Crippen molar-refractivity contribution < 1.29 is 17.7 Å². The lowest BCUT2D eigenvalue weighted by Gasteiger charge is -2.31. The Balaban J connectivity index is 1.54. The molecule has 1 aliphatic rings. The fourth-order valence-corrected chi connectivity index (χ4v) is 5.86. The molecule has 174 valence electrons. The highest BCUT2D eigenvalue weighted by atomic mass is 35.5. The van der Waals surface area contributed by atoms with Crippen LogP contribution in [0.1, 0.15) is 29.9 Å². The van der Waals surface area contributed by atoms with Gasteiger partial charge in [0.2, 0.25) is 27.6 Å². The van der Waals surface area contributed by atoms with E-state index < -0.39 is 15.9 Å². The molecule has 10 heteroatoms. The van der Waals surface area contributed by atoms with Crippen molar-refractivity contribution in [2.75, 3.05) is 18.4 Å². The van der Waals surface area contributed by atoms with Crippen LogP contribution >= 0.6 is 11.6 Å². The van der Waals surface area contributed by atoms with Gasteiger partial charge in [-0.25, -0.2) is 8.42 Å². The SMILES string of the molecule is Cc1nc(-c2ccc(Cl)c(S(=O)(=O)N3CCCC(C(=O)Nc4ccc(C)c(C)c4)C3)c2)no1. The zero-order valence-corrected chi connectivity index (χ0v) is 20.2. The van der Waals surface area contributed by atoms with E-state index >= 15 is 0 Å². The Morgan fingerprint density at radius 1 is 1.15 bits per heavy atom. The lowest BCUT2D eigenvalue weighted by Crippen LogP contribution is -2.43. The van der Waals surface area contributed by atoms with Gasteiger partial charge in [-0.05, 0) is 68.1 Å². The minimum atomic E-state index is -3.93. The number of carbonyl (C=O) groups excluding carboxylic acids is 1. The molecule has 4 rings (SSSR count). The summed E-state index contributed by atoms with van der Waals surface area (Å²) in [5.41, 5.74) is 3.40. The summed E-state index contributed by atoms with van der Waals surface area (Å²) in [4.78, 5) is 17.0. The van der Waals surface area contributed by atoms with Crippen LogP contribution < -0.4 is 5.32 Å². The smallest absolute Gasteiger partial charge is 0.244 e. The van der Waals surface area contributed by atoms with E-state index in [0.29, 0.717) is 36.5 Å². The van der Waals surface area contributed by atoms with Crippen LogP contribution in [0.4, 0.5) is 5.69 Å². The number of aryl methyl sites for hydroxylation is 3. The second kappa shape index (κ2) is 9.24. The Hall–Kier alpha value is -2.75. The Morgan fingerprint density at radius 2 is 1.94 bits per heavy atom. The van der Waals surface area contributed by atoms with Gasteiger partial charge in [0, 0.05) is 31.3 Å². The van der Waals surface area contributed by atoms with Crippen LogP contribution in [0.2, 0.25) is 5.02 Å². The molecule has 2 aromatic carbocycles. The third-order valence-electron chi connectivity index (χ3n) is 5.86. The van der Waals surface area contributed by atoms with Crippen LogP contribution in [-0.2, 0) is 14.8 Å². The molecule has 1 saturated heterocycles. The standard InChI is InChI=1S/C23H25ClN4O4S/c1-14-6-8-19(11-15(14)2)26-23(29)18-5-4-10-28(13-18)33(30,31)21-12-17(7-9-20(21)24)22-25-16(3)32-27-22/h6-9,11-12,18H,4-5,10,13H2,1-3H3,(H,26,29). The lowest BCUT2D eigenvalue weighted by atomic mass is 9.98. The highest BCUT2D eigenvalue weighted by molar-refractivity contribution is 7.89. The van der Waals surface area contributed by atoms with E-state index in [9.17, 15) is 13.2 Å². The van der Waals surface area contributed by atoms with Gasteiger partial charge in [0.1, 0.15) is 4.90 Å². The molecule has 1 amide bonds. The molecule has 1 aromatic heterocycles. The topological polar surface area (TPSA) is 105 Å². The van der Waals surface area contributed by atoms with E-state index in [1.54, 1.807) is 13.0 Å². The summed E-state index contributed by atoms with van der Waals surface area (Å²) in [6, 6.07) is 10.3. The van der Waals surface area contributed by atoms with Crippen molar-refractivity contribution in [3.05, 3.63) is 58.4 Å². The molecular formula is C23H25ClN4O4S. The number of amides is 1. The molecule has 33 heavy (non-hydrogen) atoms. The molecule has 8 nitrogen and oxygen atoms in total. The summed E-state index contributed by atoms with van der Waals surface area (Å²) in [7, 11) is -3.93. The van der Waals surface area contributed by atoms with Crippen LogP contribution in [0, 0.1) is 26.7 Å². The first-order chi connectivity index (χ1) is 15.6. The third kappa shape index (κ3) is 4.95. The van der Waals surface area contributed by atoms with Crippen LogP contribution in [0.3, 0.4) is 0 Å². The summed E-state index contributed by atoms with van der Waals surface area (Å²) >= 11 is 6.28. The van der Waals surface area contributed by atoms with Crippen LogP contribution in [0.5, 0.6) is 0 Å². The first-order valence-electron chi connectivity index (χ1n) is 10.6. The number of benzene rings is 2. The van der Waals surface area contributed by atoms with Crippen LogP contribution in [0.15, 0.2) is 45.8 Å². The number of carbonyl (C=O) groups is 1. The number of aromatic nitrogens is 2. The van der Waals surface area contributed by atoms with E-state index in [1.807, 2.05) is 32.0 Å². The zero-order chi connectivity index (χ0) is 23.8. The molecule has 1 aliphatic heterocycles. The Bertz CT molecular complexity index is 1310. The maximum absolute atomic E-state index is 13.5. The molecule has 0 spiro atoms. The average Bonchev–Trinajstić information content (AvgIpc) is 3.23. The van der Waals surface area contributed by atoms with Gasteiger partial charge in [-0.2, -0.15) is 9.29 Å². The van der Waals surface area contributed by atoms with Gasteiger partial charge in [-0.1, -0.05) is 22.8 Å². The number of nitrogens with zero attached hydrogens (tertiary/aromatic N) is 3. The van der Waals surface area contributed by atoms with Crippen molar-refractivity contribution in [1.29, 1.82) is 0 Å². The first-order valence-corrected chi connectivity index (χ1v) is 12.5. The molecule has 0 bridgehead atoms. The van der Waals surface area contributed by atoms with E-state index in [2.05, 4.69) is 15.5 Å². The molecule has 1 fully saturated rings. The lowest BCUT2D eigenvalue weighted by molar-refractivity contribution is -0.120. The fourth-order valence-electron chi connectivity index (χ4n) is 3.83. The second-order valence-corrected chi connectivity index (χ2v) is 10.6. The summed E-state index contributed by atoms with van der Waals surface area (Å²) in [5.74, 6) is 0.000130. The number of hydrogen-bond acceptors (Lipinski definition) is 6. The average molecular weight is 489 g/mol. The summed E-state index contributed by atoms with van der Waals surface area (Å²) in [6.45, 7) is 6.04. The number of piperidine rings is 1. The van der Waals surface area contributed by atoms with Crippen molar-refractivity contribution in [1.82, 2.24) is 14.4 Å². The zero-order valence-electron chi connectivity index (χ0n) is 18.6. The third-order valence-corrected chi connectivity index (χ3v) is 8.21. The van der Waals surface area contributed by atoms with Gasteiger partial charge in [0.15, 0.2) is 0 Å². The summed E-state index contributed by atoms with van der Waals surface area (Å²) in [6.07, 6.45) is 1.18. The van der Waals surface area contributed by atoms with Gasteiger partial charge in [-0.3, -0.25) is 4.79 Å². The maximum Gasteiger partial charge on any atom is 0.244 e. The number of nitrogens with one attached hydrogen (secondary N) is 1. The maximum atomic E-state index is 13.5. The van der Waals surface area contributed by atoms with Gasteiger partial charge in [-0.15, -0.1) is 0 Å². The highest BCUT2D eigenvalue weighted by Crippen LogP contribution is 2.32. The number of anilines is 1. The van der Waals surface area contributed by atoms with Crippen molar-refractivity contribution in [2.45, 2.75) is 38.5 Å². The quantitative estimate of drug-likeness (QED) is 0.572. The van der Waals surface area contributed by atoms with E-state index in [1.165, 1.54) is 16.4 Å². The van der Waals surface area contributed by atoms with Gasteiger partial charge >= 0.3 is 0 Å². The Kier molecular flexibility index (Phi) is 6.56. The van der Waals surface area contributed by atoms with Gasteiger partial charge < -0.3 is 9.84 Å². The molecule has 0 aliphatic carbocycles. The molecule has 3 aromatic rings. The molecule has 0 radical (unpaired) electrons. The first kappa shape index (κ1) is 23.4. The number of halogens is 1. The predicted molar refractivity (Wildman–Crippen MR) is 126 cm³/mol. The second-order valence-electron chi connectivity index (χ2n) is 8.27. The van der Waals surface area contributed by atoms with E-state index in [4.69, 9.17) is 16.1 Å². The highest BCUT2D eigenvalue weighted by Gasteiger charge is 2.34. The Labute approximate surface area is 198 Å². The fraction of sp³-hybridized carbons (Fsp3) is 0.348. The van der Waals surface area contributed by atoms with Crippen molar-refractivity contribution in [3.63, 3.8) is 0 Å². The largest absolute Gasteiger partial charge is 0.339 e. The predicted octanol–water partition coefficient (Wildman–Crippen LogP) is 4.35. The van der Waals surface area contributed by atoms with Crippen LogP contribution in [-0.4, -0.2) is 41.9 Å². The Morgan fingerprint density at radius 3 is 2.64 bits per heavy atom. The molecule has 2 heterocycles. The molecule has 1 N–H and O–H groups in total. The van der Waals surface area contributed by atoms with Gasteiger partial charge in [0.25, 0.3) is 0 Å². The summed E-state index contributed by atoms with van der Waals surface area (Å²) < 4.78 is 33.2. The van der Waals surface area contributed by atoms with Crippen molar-refractivity contribution in [3.8, 4) is 11.4 Å². The van der Waals surface area contributed by atoms with Crippen molar-refractivity contribution >= 4 is 33.2 Å². The molecule has 1 unspecified atom stereocenters.